The number of rotatable bonds is 4. The average molecular weight is 445 g/mol. The Kier molecular flexibility index (Phi) is 8.38. The molecule has 8 heteroatoms. The number of hydrogen-bond donors (Lipinski definition) is 2. The van der Waals surface area contributed by atoms with E-state index in [1.807, 2.05) is 11.1 Å². The van der Waals surface area contributed by atoms with Crippen LogP contribution >= 0.6 is 0 Å². The molecule has 178 valence electrons. The molecule has 2 amide bonds. The van der Waals surface area contributed by atoms with Crippen molar-refractivity contribution >= 4 is 17.8 Å². The van der Waals surface area contributed by atoms with Gasteiger partial charge in [-0.1, -0.05) is 20.8 Å². The number of guanidine groups is 1. The molecule has 1 atom stereocenters. The summed E-state index contributed by atoms with van der Waals surface area (Å²) in [6.45, 7) is 9.21. The van der Waals surface area contributed by atoms with E-state index >= 15 is 0 Å². The number of hydrogen-bond acceptors (Lipinski definition) is 4. The minimum atomic E-state index is -0.557. The largest absolute Gasteiger partial charge is 0.353 e. The van der Waals surface area contributed by atoms with Crippen LogP contribution in [0.4, 0.5) is 0 Å². The molecule has 2 saturated heterocycles. The molecule has 1 saturated carbocycles. The highest BCUT2D eigenvalue weighted by atomic mass is 16.2. The Morgan fingerprint density at radius 3 is 2.34 bits per heavy atom. The fourth-order valence-electron chi connectivity index (χ4n) is 5.20. The van der Waals surface area contributed by atoms with Gasteiger partial charge in [-0.3, -0.25) is 14.9 Å². The van der Waals surface area contributed by atoms with Crippen LogP contribution in [-0.4, -0.2) is 65.8 Å². The highest BCUT2D eigenvalue weighted by molar-refractivity contribution is 5.90. The van der Waals surface area contributed by atoms with Crippen LogP contribution in [0, 0.1) is 22.8 Å². The maximum absolute atomic E-state index is 13.2. The number of carbonyl (C=O) groups is 2. The molecule has 32 heavy (non-hydrogen) atoms. The molecule has 2 heterocycles. The first-order valence-electron chi connectivity index (χ1n) is 12.3. The molecular weight excluding hydrogens is 404 g/mol. The maximum atomic E-state index is 13.2. The van der Waals surface area contributed by atoms with Crippen LogP contribution in [0.5, 0.6) is 0 Å². The van der Waals surface area contributed by atoms with Crippen molar-refractivity contribution in [3.05, 3.63) is 0 Å². The Morgan fingerprint density at radius 2 is 1.72 bits per heavy atom. The SMILES string of the molecule is CC(C)(C)C1CCC(NC(=NC2CCCCN(CC(=O)N3CCCC3)C2=O)NC#N)CC1. The van der Waals surface area contributed by atoms with Gasteiger partial charge in [0.15, 0.2) is 6.19 Å². The van der Waals surface area contributed by atoms with E-state index in [2.05, 4.69) is 36.4 Å². The number of aliphatic imine (C=N–C) groups is 1. The first-order valence-corrected chi connectivity index (χ1v) is 12.3. The first kappa shape index (κ1) is 24.3. The maximum Gasteiger partial charge on any atom is 0.247 e. The fourth-order valence-corrected chi connectivity index (χ4v) is 5.20. The number of nitrogens with one attached hydrogen (secondary N) is 2. The molecule has 0 aromatic heterocycles. The molecule has 1 unspecified atom stereocenters. The van der Waals surface area contributed by atoms with Crippen LogP contribution in [0.1, 0.15) is 78.6 Å². The summed E-state index contributed by atoms with van der Waals surface area (Å²) in [6.07, 6.45) is 10.8. The Bertz CT molecular complexity index is 724. The van der Waals surface area contributed by atoms with E-state index in [9.17, 15) is 14.9 Å². The molecule has 3 aliphatic rings. The summed E-state index contributed by atoms with van der Waals surface area (Å²) in [5.41, 5.74) is 0.315. The molecule has 8 nitrogen and oxygen atoms in total. The molecule has 2 N–H and O–H groups in total. The van der Waals surface area contributed by atoms with Crippen LogP contribution < -0.4 is 10.6 Å². The van der Waals surface area contributed by atoms with Gasteiger partial charge in [0, 0.05) is 25.7 Å². The Labute approximate surface area is 192 Å². The molecule has 3 fully saturated rings. The third kappa shape index (κ3) is 6.60. The fraction of sp³-hybridized carbons (Fsp3) is 0.833. The molecule has 0 spiro atoms. The van der Waals surface area contributed by atoms with E-state index in [4.69, 9.17) is 0 Å². The number of carbonyl (C=O) groups excluding carboxylic acids is 2. The predicted molar refractivity (Wildman–Crippen MR) is 125 cm³/mol. The molecule has 0 radical (unpaired) electrons. The van der Waals surface area contributed by atoms with Gasteiger partial charge in [0.25, 0.3) is 0 Å². The van der Waals surface area contributed by atoms with Gasteiger partial charge in [0.1, 0.15) is 6.04 Å². The van der Waals surface area contributed by atoms with E-state index in [-0.39, 0.29) is 24.4 Å². The summed E-state index contributed by atoms with van der Waals surface area (Å²) >= 11 is 0. The third-order valence-electron chi connectivity index (χ3n) is 7.29. The molecule has 3 rings (SSSR count). The smallest absolute Gasteiger partial charge is 0.247 e. The van der Waals surface area contributed by atoms with Gasteiger partial charge in [-0.25, -0.2) is 4.99 Å². The van der Waals surface area contributed by atoms with E-state index in [0.29, 0.717) is 30.3 Å². The van der Waals surface area contributed by atoms with Crippen molar-refractivity contribution in [1.29, 1.82) is 5.26 Å². The van der Waals surface area contributed by atoms with Gasteiger partial charge in [0.2, 0.25) is 17.8 Å². The minimum absolute atomic E-state index is 0.0320. The molecule has 0 aromatic carbocycles. The first-order chi connectivity index (χ1) is 15.3. The van der Waals surface area contributed by atoms with Crippen LogP contribution in [0.15, 0.2) is 4.99 Å². The standard InChI is InChI=1S/C24H40N6O2/c1-24(2,3)18-9-11-19(12-10-18)27-23(26-17-25)28-20-8-4-5-15-30(22(20)32)16-21(31)29-13-6-7-14-29/h18-20H,4-16H2,1-3H3,(H2,26,27,28). The van der Waals surface area contributed by atoms with Crippen molar-refractivity contribution < 1.29 is 9.59 Å². The van der Waals surface area contributed by atoms with E-state index < -0.39 is 6.04 Å². The number of nitriles is 1. The van der Waals surface area contributed by atoms with Crippen molar-refractivity contribution in [3.8, 4) is 6.19 Å². The molecule has 2 aliphatic heterocycles. The zero-order valence-electron chi connectivity index (χ0n) is 20.0. The molecular formula is C24H40N6O2. The van der Waals surface area contributed by atoms with Crippen LogP contribution in [0.2, 0.25) is 0 Å². The van der Waals surface area contributed by atoms with E-state index in [0.717, 1.165) is 64.5 Å². The lowest BCUT2D eigenvalue weighted by atomic mass is 9.71. The normalized spacial score (nSPS) is 27.6. The van der Waals surface area contributed by atoms with Crippen molar-refractivity contribution in [2.24, 2.45) is 16.3 Å². The Morgan fingerprint density at radius 1 is 1.06 bits per heavy atom. The quantitative estimate of drug-likeness (QED) is 0.300. The zero-order valence-corrected chi connectivity index (χ0v) is 20.0. The van der Waals surface area contributed by atoms with Crippen LogP contribution in [0.3, 0.4) is 0 Å². The molecule has 0 bridgehead atoms. The molecule has 1 aliphatic carbocycles. The summed E-state index contributed by atoms with van der Waals surface area (Å²) in [4.78, 5) is 33.9. The second-order valence-corrected chi connectivity index (χ2v) is 10.6. The van der Waals surface area contributed by atoms with Crippen molar-refractivity contribution in [1.82, 2.24) is 20.4 Å². The van der Waals surface area contributed by atoms with Crippen molar-refractivity contribution in [3.63, 3.8) is 0 Å². The van der Waals surface area contributed by atoms with Gasteiger partial charge in [0.05, 0.1) is 6.54 Å². The monoisotopic (exact) mass is 444 g/mol. The number of likely N-dealkylation sites (tertiary alicyclic amines) is 2. The summed E-state index contributed by atoms with van der Waals surface area (Å²) in [7, 11) is 0. The second-order valence-electron chi connectivity index (χ2n) is 10.6. The third-order valence-corrected chi connectivity index (χ3v) is 7.29. The second kappa shape index (κ2) is 11.0. The van der Waals surface area contributed by atoms with Crippen LogP contribution in [-0.2, 0) is 9.59 Å². The van der Waals surface area contributed by atoms with Gasteiger partial charge in [-0.05, 0) is 69.1 Å². The molecule has 0 aromatic rings. The van der Waals surface area contributed by atoms with Crippen molar-refractivity contribution in [2.45, 2.75) is 90.6 Å². The highest BCUT2D eigenvalue weighted by Crippen LogP contribution is 2.37. The lowest BCUT2D eigenvalue weighted by Crippen LogP contribution is -2.47. The Balaban J connectivity index is 1.62. The van der Waals surface area contributed by atoms with Gasteiger partial charge >= 0.3 is 0 Å². The summed E-state index contributed by atoms with van der Waals surface area (Å²) in [5, 5.41) is 15.3. The van der Waals surface area contributed by atoms with E-state index in [1.54, 1.807) is 4.90 Å². The van der Waals surface area contributed by atoms with Crippen molar-refractivity contribution in [2.75, 3.05) is 26.2 Å². The van der Waals surface area contributed by atoms with Gasteiger partial charge in [-0.2, -0.15) is 5.26 Å². The van der Waals surface area contributed by atoms with Gasteiger partial charge in [-0.15, -0.1) is 0 Å². The summed E-state index contributed by atoms with van der Waals surface area (Å²) in [6, 6.07) is -0.305. The highest BCUT2D eigenvalue weighted by Gasteiger charge is 2.32. The van der Waals surface area contributed by atoms with Crippen LogP contribution in [0.25, 0.3) is 0 Å². The lowest BCUT2D eigenvalue weighted by molar-refractivity contribution is -0.140. The van der Waals surface area contributed by atoms with Gasteiger partial charge < -0.3 is 15.1 Å². The van der Waals surface area contributed by atoms with E-state index in [1.165, 1.54) is 0 Å². The average Bonchev–Trinajstić information content (AvgIpc) is 3.24. The minimum Gasteiger partial charge on any atom is -0.353 e. The zero-order chi connectivity index (χ0) is 23.1. The summed E-state index contributed by atoms with van der Waals surface area (Å²) < 4.78 is 0. The predicted octanol–water partition coefficient (Wildman–Crippen LogP) is 2.61. The topological polar surface area (TPSA) is 101 Å². The summed E-state index contributed by atoms with van der Waals surface area (Å²) in [5.74, 6) is 1.02. The number of amides is 2. The Hall–Kier alpha value is -2.30. The lowest BCUT2D eigenvalue weighted by Gasteiger charge is -2.37. The number of nitrogens with zero attached hydrogens (tertiary/aromatic N) is 4.